The van der Waals surface area contributed by atoms with Crippen LogP contribution in [0.3, 0.4) is 0 Å². The molecule has 0 atom stereocenters. The maximum atomic E-state index is 11.7. The average Bonchev–Trinajstić information content (AvgIpc) is 3.35. The van der Waals surface area contributed by atoms with Crippen LogP contribution in [0, 0.1) is 0 Å². The maximum Gasteiger partial charge on any atom is 0.277 e. The van der Waals surface area contributed by atoms with Crippen LogP contribution in [0.4, 0.5) is 0 Å². The fourth-order valence-corrected chi connectivity index (χ4v) is 4.37. The summed E-state index contributed by atoms with van der Waals surface area (Å²) >= 11 is 6.06. The lowest BCUT2D eigenvalue weighted by atomic mass is 9.99. The quantitative estimate of drug-likeness (QED) is 0.597. The third kappa shape index (κ3) is 3.94. The molecule has 2 aliphatic rings. The molecule has 4 nitrogen and oxygen atoms in total. The number of rotatable bonds is 5. The summed E-state index contributed by atoms with van der Waals surface area (Å²) in [6, 6.07) is 22.7. The summed E-state index contributed by atoms with van der Waals surface area (Å²) in [5.74, 6) is -0.136. The summed E-state index contributed by atoms with van der Waals surface area (Å²) < 4.78 is 0. The third-order valence-electron chi connectivity index (χ3n) is 5.77. The van der Waals surface area contributed by atoms with Gasteiger partial charge in [-0.05, 0) is 46.5 Å². The molecule has 0 unspecified atom stereocenters. The lowest BCUT2D eigenvalue weighted by molar-refractivity contribution is 0.101. The van der Waals surface area contributed by atoms with Gasteiger partial charge in [0.2, 0.25) is 0 Å². The maximum absolute atomic E-state index is 11.7. The first-order chi connectivity index (χ1) is 14.7. The number of aliphatic imine (C=N–C) groups is 1. The molecule has 5 heteroatoms. The molecule has 5 rings (SSSR count). The fourth-order valence-electron chi connectivity index (χ4n) is 4.24. The van der Waals surface area contributed by atoms with Gasteiger partial charge in [-0.25, -0.2) is 4.99 Å². The smallest absolute Gasteiger partial charge is 0.277 e. The van der Waals surface area contributed by atoms with Gasteiger partial charge in [0.15, 0.2) is 0 Å². The van der Waals surface area contributed by atoms with E-state index in [4.69, 9.17) is 11.6 Å². The highest BCUT2D eigenvalue weighted by Gasteiger charge is 2.22. The number of nitrogens with zero attached hydrogens (tertiary/aromatic N) is 3. The van der Waals surface area contributed by atoms with E-state index in [2.05, 4.69) is 57.3 Å². The van der Waals surface area contributed by atoms with Gasteiger partial charge in [-0.15, -0.1) is 0 Å². The highest BCUT2D eigenvalue weighted by molar-refractivity contribution is 6.30. The van der Waals surface area contributed by atoms with Crippen LogP contribution in [0.25, 0.3) is 11.1 Å². The molecule has 1 saturated heterocycles. The molecule has 1 amide bonds. The topological polar surface area (TPSA) is 35.9 Å². The van der Waals surface area contributed by atoms with Crippen molar-refractivity contribution in [2.24, 2.45) is 4.99 Å². The molecule has 0 radical (unpaired) electrons. The van der Waals surface area contributed by atoms with Crippen molar-refractivity contribution < 1.29 is 4.79 Å². The Kier molecular flexibility index (Phi) is 5.21. The van der Waals surface area contributed by atoms with Crippen molar-refractivity contribution in [2.75, 3.05) is 19.8 Å². The number of halogens is 1. The zero-order chi connectivity index (χ0) is 20.5. The van der Waals surface area contributed by atoms with Crippen LogP contribution in [0.15, 0.2) is 71.7 Å². The Balaban J connectivity index is 1.26. The zero-order valence-corrected chi connectivity index (χ0v) is 17.3. The van der Waals surface area contributed by atoms with Gasteiger partial charge in [0.05, 0.1) is 12.2 Å². The number of hydrogen-bond acceptors (Lipinski definition) is 3. The van der Waals surface area contributed by atoms with Crippen LogP contribution in [-0.2, 0) is 13.1 Å². The summed E-state index contributed by atoms with van der Waals surface area (Å²) in [5.41, 5.74) is 6.65. The summed E-state index contributed by atoms with van der Waals surface area (Å²) in [7, 11) is 0. The lowest BCUT2D eigenvalue weighted by Crippen LogP contribution is -2.25. The Labute approximate surface area is 181 Å². The van der Waals surface area contributed by atoms with Gasteiger partial charge in [-0.1, -0.05) is 54.1 Å². The molecular formula is C25H22ClN3O. The predicted octanol–water partition coefficient (Wildman–Crippen LogP) is 4.86. The molecule has 150 valence electrons. The normalized spacial score (nSPS) is 16.4. The Morgan fingerprint density at radius 2 is 1.63 bits per heavy atom. The molecule has 2 heterocycles. The van der Waals surface area contributed by atoms with Gasteiger partial charge in [0.25, 0.3) is 5.91 Å². The molecule has 0 N–H and O–H groups in total. The molecule has 0 aromatic heterocycles. The Hall–Kier alpha value is -2.79. The Morgan fingerprint density at radius 1 is 0.867 bits per heavy atom. The summed E-state index contributed by atoms with van der Waals surface area (Å²) in [5, 5.41) is 0.758. The van der Waals surface area contributed by atoms with Crippen molar-refractivity contribution >= 4 is 23.7 Å². The highest BCUT2D eigenvalue weighted by Crippen LogP contribution is 2.27. The van der Waals surface area contributed by atoms with E-state index < -0.39 is 0 Å². The SMILES string of the molecule is O=C1N=Cc2cc(CN3CCN(Cc4ccccc4-c4ccc(Cl)cc4)C3)ccc21. The Morgan fingerprint density at radius 3 is 2.47 bits per heavy atom. The summed E-state index contributed by atoms with van der Waals surface area (Å²) in [4.78, 5) is 20.5. The van der Waals surface area contributed by atoms with E-state index in [1.54, 1.807) is 6.21 Å². The number of amides is 1. The minimum absolute atomic E-state index is 0.136. The molecule has 3 aromatic rings. The second-order valence-corrected chi connectivity index (χ2v) is 8.33. The van der Waals surface area contributed by atoms with Crippen LogP contribution in [0.2, 0.25) is 5.02 Å². The summed E-state index contributed by atoms with van der Waals surface area (Å²) in [6.07, 6.45) is 1.67. The molecule has 0 spiro atoms. The van der Waals surface area contributed by atoms with Gasteiger partial charge >= 0.3 is 0 Å². The minimum Gasteiger partial charge on any atom is -0.285 e. The van der Waals surface area contributed by atoms with Crippen molar-refractivity contribution in [3.05, 3.63) is 94.0 Å². The monoisotopic (exact) mass is 415 g/mol. The molecular weight excluding hydrogens is 394 g/mol. The first-order valence-electron chi connectivity index (χ1n) is 10.2. The van der Waals surface area contributed by atoms with E-state index in [-0.39, 0.29) is 5.91 Å². The van der Waals surface area contributed by atoms with Crippen LogP contribution >= 0.6 is 11.6 Å². The first kappa shape index (κ1) is 19.2. The van der Waals surface area contributed by atoms with Gasteiger partial charge in [0.1, 0.15) is 0 Å². The van der Waals surface area contributed by atoms with Gasteiger partial charge < -0.3 is 0 Å². The molecule has 3 aromatic carbocycles. The van der Waals surface area contributed by atoms with Crippen LogP contribution in [-0.4, -0.2) is 41.7 Å². The second-order valence-electron chi connectivity index (χ2n) is 7.90. The first-order valence-corrected chi connectivity index (χ1v) is 10.5. The van der Waals surface area contributed by atoms with Crippen LogP contribution in [0.5, 0.6) is 0 Å². The molecule has 2 aliphatic heterocycles. The van der Waals surface area contributed by atoms with E-state index >= 15 is 0 Å². The predicted molar refractivity (Wildman–Crippen MR) is 121 cm³/mol. The van der Waals surface area contributed by atoms with E-state index in [1.807, 2.05) is 24.3 Å². The standard InChI is InChI=1S/C25H22ClN3O/c26-22-8-6-19(7-9-22)23-4-2-1-3-20(23)16-29-12-11-28(17-29)15-18-5-10-24-21(13-18)14-27-25(24)30/h1-10,13-14H,11-12,15-17H2. The highest BCUT2D eigenvalue weighted by atomic mass is 35.5. The largest absolute Gasteiger partial charge is 0.285 e. The van der Waals surface area contributed by atoms with Gasteiger partial charge in [-0.2, -0.15) is 0 Å². The van der Waals surface area contributed by atoms with Crippen LogP contribution in [0.1, 0.15) is 27.0 Å². The van der Waals surface area contributed by atoms with Gasteiger partial charge in [-0.3, -0.25) is 14.6 Å². The number of carbonyl (C=O) groups excluding carboxylic acids is 1. The molecule has 0 aliphatic carbocycles. The van der Waals surface area contributed by atoms with E-state index in [0.29, 0.717) is 5.56 Å². The average molecular weight is 416 g/mol. The van der Waals surface area contributed by atoms with E-state index in [0.717, 1.165) is 43.4 Å². The molecule has 30 heavy (non-hydrogen) atoms. The van der Waals surface area contributed by atoms with Crippen molar-refractivity contribution in [3.63, 3.8) is 0 Å². The number of benzene rings is 3. The van der Waals surface area contributed by atoms with E-state index in [1.165, 1.54) is 22.3 Å². The Bertz CT molecular complexity index is 1120. The van der Waals surface area contributed by atoms with Crippen molar-refractivity contribution in [1.82, 2.24) is 9.80 Å². The fraction of sp³-hybridized carbons (Fsp3) is 0.200. The minimum atomic E-state index is -0.136. The van der Waals surface area contributed by atoms with E-state index in [9.17, 15) is 4.79 Å². The van der Waals surface area contributed by atoms with Crippen molar-refractivity contribution in [3.8, 4) is 11.1 Å². The zero-order valence-electron chi connectivity index (χ0n) is 16.6. The number of hydrogen-bond donors (Lipinski definition) is 0. The molecule has 0 saturated carbocycles. The lowest BCUT2D eigenvalue weighted by Gasteiger charge is -2.20. The molecule has 0 bridgehead atoms. The molecule has 1 fully saturated rings. The number of carbonyl (C=O) groups is 1. The van der Waals surface area contributed by atoms with Crippen molar-refractivity contribution in [2.45, 2.75) is 13.1 Å². The number of fused-ring (bicyclic) bond motifs is 1. The van der Waals surface area contributed by atoms with Gasteiger partial charge in [0, 0.05) is 43.0 Å². The van der Waals surface area contributed by atoms with Crippen LogP contribution < -0.4 is 0 Å². The van der Waals surface area contributed by atoms with Crippen molar-refractivity contribution in [1.29, 1.82) is 0 Å². The second kappa shape index (κ2) is 8.15. The third-order valence-corrected chi connectivity index (χ3v) is 6.02. The summed E-state index contributed by atoms with van der Waals surface area (Å²) in [6.45, 7) is 4.80.